The van der Waals surface area contributed by atoms with Crippen LogP contribution in [0, 0.1) is 0 Å². The SMILES string of the molecule is O=C(O)CC(Cn1cnc(C(=O)CCc2ccc3c(n2)NCCC3)c1)c1ccc2c(c1)OCO2. The Morgan fingerprint density at radius 3 is 2.94 bits per heavy atom. The van der Waals surface area contributed by atoms with E-state index in [0.717, 1.165) is 36.5 Å². The molecule has 34 heavy (non-hydrogen) atoms. The number of anilines is 1. The van der Waals surface area contributed by atoms with Crippen LogP contribution in [0.15, 0.2) is 42.9 Å². The van der Waals surface area contributed by atoms with Gasteiger partial charge in [0.05, 0.1) is 12.7 Å². The van der Waals surface area contributed by atoms with Crippen molar-refractivity contribution in [2.24, 2.45) is 0 Å². The van der Waals surface area contributed by atoms with E-state index < -0.39 is 5.97 Å². The number of fused-ring (bicyclic) bond motifs is 2. The summed E-state index contributed by atoms with van der Waals surface area (Å²) in [7, 11) is 0. The zero-order chi connectivity index (χ0) is 23.5. The number of pyridine rings is 1. The molecule has 1 atom stereocenters. The van der Waals surface area contributed by atoms with Gasteiger partial charge in [-0.05, 0) is 48.6 Å². The highest BCUT2D eigenvalue weighted by Gasteiger charge is 2.21. The van der Waals surface area contributed by atoms with E-state index in [9.17, 15) is 14.7 Å². The van der Waals surface area contributed by atoms with Crippen LogP contribution in [0.2, 0.25) is 0 Å². The zero-order valence-electron chi connectivity index (χ0n) is 18.7. The molecule has 2 aliphatic heterocycles. The Morgan fingerprint density at radius 2 is 2.06 bits per heavy atom. The molecule has 176 valence electrons. The molecule has 0 spiro atoms. The number of hydrogen-bond acceptors (Lipinski definition) is 7. The van der Waals surface area contributed by atoms with Gasteiger partial charge in [-0.3, -0.25) is 9.59 Å². The molecule has 0 amide bonds. The summed E-state index contributed by atoms with van der Waals surface area (Å²) in [5.41, 5.74) is 3.31. The first-order valence-electron chi connectivity index (χ1n) is 11.4. The molecule has 9 heteroatoms. The highest BCUT2D eigenvalue weighted by atomic mass is 16.7. The fourth-order valence-electron chi connectivity index (χ4n) is 4.40. The lowest BCUT2D eigenvalue weighted by atomic mass is 9.95. The topological polar surface area (TPSA) is 116 Å². The number of nitrogens with zero attached hydrogens (tertiary/aromatic N) is 3. The van der Waals surface area contributed by atoms with E-state index >= 15 is 0 Å². The molecule has 2 aliphatic rings. The molecule has 3 aromatic rings. The third-order valence-electron chi connectivity index (χ3n) is 6.20. The molecule has 0 saturated carbocycles. The van der Waals surface area contributed by atoms with Gasteiger partial charge in [0.1, 0.15) is 11.5 Å². The minimum atomic E-state index is -0.897. The number of carbonyl (C=O) groups is 2. The fraction of sp³-hybridized carbons (Fsp3) is 0.360. The van der Waals surface area contributed by atoms with E-state index in [0.29, 0.717) is 36.6 Å². The molecule has 1 aromatic carbocycles. The first-order chi connectivity index (χ1) is 16.5. The first kappa shape index (κ1) is 21.9. The van der Waals surface area contributed by atoms with Crippen LogP contribution < -0.4 is 14.8 Å². The van der Waals surface area contributed by atoms with Crippen molar-refractivity contribution >= 4 is 17.6 Å². The molecule has 0 saturated heterocycles. The van der Waals surface area contributed by atoms with Gasteiger partial charge >= 0.3 is 5.97 Å². The van der Waals surface area contributed by atoms with Crippen molar-refractivity contribution in [3.05, 3.63) is 65.4 Å². The van der Waals surface area contributed by atoms with E-state index in [2.05, 4.69) is 21.4 Å². The van der Waals surface area contributed by atoms with E-state index in [4.69, 9.17) is 9.47 Å². The van der Waals surface area contributed by atoms with Gasteiger partial charge in [-0.1, -0.05) is 12.1 Å². The third-order valence-corrected chi connectivity index (χ3v) is 6.20. The second-order valence-electron chi connectivity index (χ2n) is 8.63. The van der Waals surface area contributed by atoms with E-state index in [-0.39, 0.29) is 24.9 Å². The van der Waals surface area contributed by atoms with Crippen LogP contribution in [0.3, 0.4) is 0 Å². The maximum atomic E-state index is 12.7. The zero-order valence-corrected chi connectivity index (χ0v) is 18.7. The van der Waals surface area contributed by atoms with Crippen molar-refractivity contribution in [2.75, 3.05) is 18.7 Å². The lowest BCUT2D eigenvalue weighted by Crippen LogP contribution is -2.14. The molecule has 2 N–H and O–H groups in total. The van der Waals surface area contributed by atoms with Crippen molar-refractivity contribution in [1.82, 2.24) is 14.5 Å². The predicted molar refractivity (Wildman–Crippen MR) is 123 cm³/mol. The highest BCUT2D eigenvalue weighted by Crippen LogP contribution is 2.36. The average Bonchev–Trinajstić information content (AvgIpc) is 3.51. The quantitative estimate of drug-likeness (QED) is 0.465. The second kappa shape index (κ2) is 9.54. The lowest BCUT2D eigenvalue weighted by molar-refractivity contribution is -0.137. The number of carboxylic acids is 1. The van der Waals surface area contributed by atoms with Crippen LogP contribution in [0.1, 0.15) is 52.5 Å². The van der Waals surface area contributed by atoms with Crippen LogP contribution >= 0.6 is 0 Å². The summed E-state index contributed by atoms with van der Waals surface area (Å²) in [4.78, 5) is 33.1. The predicted octanol–water partition coefficient (Wildman–Crippen LogP) is 3.44. The minimum absolute atomic E-state index is 0.0564. The first-order valence-corrected chi connectivity index (χ1v) is 11.4. The van der Waals surface area contributed by atoms with Crippen molar-refractivity contribution in [1.29, 1.82) is 0 Å². The molecule has 4 heterocycles. The highest BCUT2D eigenvalue weighted by molar-refractivity contribution is 5.94. The fourth-order valence-corrected chi connectivity index (χ4v) is 4.40. The Bertz CT molecular complexity index is 1220. The number of ketones is 1. The van der Waals surface area contributed by atoms with Crippen LogP contribution in [-0.2, 0) is 24.2 Å². The van der Waals surface area contributed by atoms with Gasteiger partial charge in [-0.15, -0.1) is 0 Å². The number of ether oxygens (including phenoxy) is 2. The van der Waals surface area contributed by atoms with Gasteiger partial charge in [0.15, 0.2) is 17.3 Å². The maximum absolute atomic E-state index is 12.7. The molecule has 0 radical (unpaired) electrons. The Kier molecular flexibility index (Phi) is 6.16. The molecule has 0 fully saturated rings. The van der Waals surface area contributed by atoms with Crippen molar-refractivity contribution in [3.63, 3.8) is 0 Å². The number of carbonyl (C=O) groups excluding carboxylic acids is 1. The molecule has 0 bridgehead atoms. The van der Waals surface area contributed by atoms with E-state index in [1.54, 1.807) is 23.2 Å². The molecule has 0 aliphatic carbocycles. The average molecular weight is 463 g/mol. The number of rotatable bonds is 9. The Morgan fingerprint density at radius 1 is 1.18 bits per heavy atom. The normalized spacial score (nSPS) is 14.8. The molecular formula is C25H26N4O5. The van der Waals surface area contributed by atoms with Crippen molar-refractivity contribution < 1.29 is 24.2 Å². The number of benzene rings is 1. The maximum Gasteiger partial charge on any atom is 0.304 e. The van der Waals surface area contributed by atoms with Gasteiger partial charge in [-0.2, -0.15) is 0 Å². The van der Waals surface area contributed by atoms with Crippen molar-refractivity contribution in [2.45, 2.75) is 44.6 Å². The molecule has 2 aromatic heterocycles. The minimum Gasteiger partial charge on any atom is -0.481 e. The van der Waals surface area contributed by atoms with Gasteiger partial charge in [0.25, 0.3) is 0 Å². The number of aryl methyl sites for hydroxylation is 2. The van der Waals surface area contributed by atoms with E-state index in [1.807, 2.05) is 18.2 Å². The number of nitrogens with one attached hydrogen (secondary N) is 1. The lowest BCUT2D eigenvalue weighted by Gasteiger charge is -2.17. The molecule has 9 nitrogen and oxygen atoms in total. The van der Waals surface area contributed by atoms with Gasteiger partial charge in [-0.25, -0.2) is 9.97 Å². The number of aliphatic carboxylic acids is 1. The molecule has 1 unspecified atom stereocenters. The molecule has 5 rings (SSSR count). The van der Waals surface area contributed by atoms with Crippen LogP contribution in [0.25, 0.3) is 0 Å². The summed E-state index contributed by atoms with van der Waals surface area (Å²) in [5, 5.41) is 12.7. The van der Waals surface area contributed by atoms with Gasteiger partial charge < -0.3 is 24.5 Å². The Hall–Kier alpha value is -3.88. The van der Waals surface area contributed by atoms with Crippen molar-refractivity contribution in [3.8, 4) is 11.5 Å². The monoisotopic (exact) mass is 462 g/mol. The summed E-state index contributed by atoms with van der Waals surface area (Å²) >= 11 is 0. The standard InChI is InChI=1S/C25H26N4O5/c30-21(7-6-19-5-3-16-2-1-9-26-25(16)28-19)20-13-29(14-27-20)12-18(11-24(31)32)17-4-8-22-23(10-17)34-15-33-22/h3-5,8,10,13-14,18H,1-2,6-7,9,11-12,15H2,(H,26,28)(H,31,32). The van der Waals surface area contributed by atoms with Crippen LogP contribution in [0.5, 0.6) is 11.5 Å². The number of carboxylic acid groups (broad SMARTS) is 1. The Balaban J connectivity index is 1.24. The summed E-state index contributed by atoms with van der Waals surface area (Å²) in [6.07, 6.45) is 6.20. The number of imidazole rings is 1. The number of aromatic nitrogens is 3. The summed E-state index contributed by atoms with van der Waals surface area (Å²) in [5.74, 6) is 0.915. The third kappa shape index (κ3) is 4.88. The smallest absolute Gasteiger partial charge is 0.304 e. The molecular weight excluding hydrogens is 436 g/mol. The summed E-state index contributed by atoms with van der Waals surface area (Å²) in [6, 6.07) is 9.53. The summed E-state index contributed by atoms with van der Waals surface area (Å²) in [6.45, 7) is 1.46. The second-order valence-corrected chi connectivity index (χ2v) is 8.63. The Labute approximate surface area is 196 Å². The largest absolute Gasteiger partial charge is 0.481 e. The number of hydrogen-bond donors (Lipinski definition) is 2. The summed E-state index contributed by atoms with van der Waals surface area (Å²) < 4.78 is 12.5. The van der Waals surface area contributed by atoms with Gasteiger partial charge in [0, 0.05) is 37.3 Å². The van der Waals surface area contributed by atoms with Crippen LogP contribution in [-0.4, -0.2) is 44.7 Å². The van der Waals surface area contributed by atoms with Crippen LogP contribution in [0.4, 0.5) is 5.82 Å². The van der Waals surface area contributed by atoms with Gasteiger partial charge in [0.2, 0.25) is 6.79 Å². The van der Waals surface area contributed by atoms with E-state index in [1.165, 1.54) is 5.56 Å². The number of Topliss-reactive ketones (excluding diaryl/α,β-unsaturated/α-hetero) is 1.